The summed E-state index contributed by atoms with van der Waals surface area (Å²) >= 11 is 3.14. The summed E-state index contributed by atoms with van der Waals surface area (Å²) in [6.45, 7) is 3.21. The Hall–Kier alpha value is -0.790. The molecule has 3 nitrogen and oxygen atoms in total. The zero-order valence-corrected chi connectivity index (χ0v) is 12.6. The molecule has 1 saturated heterocycles. The Morgan fingerprint density at radius 1 is 1.30 bits per heavy atom. The first kappa shape index (κ1) is 15.6. The van der Waals surface area contributed by atoms with Crippen LogP contribution in [0.1, 0.15) is 17.2 Å². The Bertz CT molecular complexity index is 487. The highest BCUT2D eigenvalue weighted by Gasteiger charge is 2.47. The van der Waals surface area contributed by atoms with Gasteiger partial charge in [0.25, 0.3) is 0 Å². The molecule has 112 valence electrons. The van der Waals surface area contributed by atoms with Crippen molar-refractivity contribution in [3.8, 4) is 5.75 Å². The minimum atomic E-state index is -4.44. The van der Waals surface area contributed by atoms with Gasteiger partial charge in [0.2, 0.25) is 0 Å². The van der Waals surface area contributed by atoms with E-state index < -0.39 is 12.2 Å². The second kappa shape index (κ2) is 5.91. The molecule has 1 atom stereocenters. The molecular weight excluding hydrogens is 337 g/mol. The van der Waals surface area contributed by atoms with Crippen LogP contribution in [-0.4, -0.2) is 42.4 Å². The summed E-state index contributed by atoms with van der Waals surface area (Å²) in [6.07, 6.45) is -4.44. The molecule has 0 aromatic heterocycles. The quantitative estimate of drug-likeness (QED) is 0.858. The molecule has 1 fully saturated rings. The zero-order valence-electron chi connectivity index (χ0n) is 11.0. The third-order valence-electron chi connectivity index (χ3n) is 3.47. The summed E-state index contributed by atoms with van der Waals surface area (Å²) in [4.78, 5) is 1.36. The van der Waals surface area contributed by atoms with Crippen molar-refractivity contribution in [2.45, 2.75) is 19.1 Å². The van der Waals surface area contributed by atoms with Crippen LogP contribution in [0.15, 0.2) is 16.6 Å². The number of halogens is 4. The van der Waals surface area contributed by atoms with Gasteiger partial charge in [-0.1, -0.05) is 22.0 Å². The number of piperazine rings is 1. The Morgan fingerprint density at radius 2 is 1.90 bits per heavy atom. The maximum atomic E-state index is 13.5. The number of phenols is 1. The highest BCUT2D eigenvalue weighted by molar-refractivity contribution is 9.10. The minimum Gasteiger partial charge on any atom is -0.507 e. The fourth-order valence-corrected chi connectivity index (χ4v) is 2.98. The molecule has 1 aliphatic rings. The predicted molar refractivity (Wildman–Crippen MR) is 73.8 cm³/mol. The van der Waals surface area contributed by atoms with Crippen LogP contribution in [0.3, 0.4) is 0 Å². The van der Waals surface area contributed by atoms with Crippen LogP contribution in [0.5, 0.6) is 5.75 Å². The van der Waals surface area contributed by atoms with Gasteiger partial charge < -0.3 is 10.4 Å². The van der Waals surface area contributed by atoms with Crippen LogP contribution in [0, 0.1) is 6.92 Å². The summed E-state index contributed by atoms with van der Waals surface area (Å²) in [6, 6.07) is 1.35. The van der Waals surface area contributed by atoms with Crippen molar-refractivity contribution in [1.29, 1.82) is 0 Å². The van der Waals surface area contributed by atoms with E-state index in [4.69, 9.17) is 0 Å². The van der Waals surface area contributed by atoms with Gasteiger partial charge in [0, 0.05) is 36.2 Å². The van der Waals surface area contributed by atoms with Crippen molar-refractivity contribution < 1.29 is 18.3 Å². The molecule has 20 heavy (non-hydrogen) atoms. The SMILES string of the molecule is Cc1ccc(Br)c([C@@H](N2CCNCC2)C(F)(F)F)c1O. The summed E-state index contributed by atoms with van der Waals surface area (Å²) in [5.41, 5.74) is 0.340. The minimum absolute atomic E-state index is 0.0978. The largest absolute Gasteiger partial charge is 0.507 e. The van der Waals surface area contributed by atoms with Gasteiger partial charge in [-0.15, -0.1) is 0 Å². The number of alkyl halides is 3. The maximum Gasteiger partial charge on any atom is 0.408 e. The molecule has 0 spiro atoms. The van der Waals surface area contributed by atoms with Crippen LogP contribution in [0.2, 0.25) is 0 Å². The molecule has 1 aliphatic heterocycles. The first-order chi connectivity index (χ1) is 9.32. The average molecular weight is 353 g/mol. The van der Waals surface area contributed by atoms with Gasteiger partial charge in [0.1, 0.15) is 11.8 Å². The van der Waals surface area contributed by atoms with Gasteiger partial charge in [-0.2, -0.15) is 13.2 Å². The number of rotatable bonds is 2. The molecule has 2 rings (SSSR count). The lowest BCUT2D eigenvalue weighted by Gasteiger charge is -2.37. The second-order valence-electron chi connectivity index (χ2n) is 4.86. The molecule has 0 amide bonds. The van der Waals surface area contributed by atoms with Crippen LogP contribution in [0.4, 0.5) is 13.2 Å². The van der Waals surface area contributed by atoms with E-state index in [2.05, 4.69) is 21.2 Å². The molecule has 0 radical (unpaired) electrons. The van der Waals surface area contributed by atoms with E-state index in [0.717, 1.165) is 0 Å². The number of hydrogen-bond acceptors (Lipinski definition) is 3. The molecule has 0 aliphatic carbocycles. The summed E-state index contributed by atoms with van der Waals surface area (Å²) in [5.74, 6) is -0.291. The van der Waals surface area contributed by atoms with Crippen LogP contribution >= 0.6 is 15.9 Å². The molecule has 1 heterocycles. The van der Waals surface area contributed by atoms with Gasteiger partial charge >= 0.3 is 6.18 Å². The Balaban J connectivity index is 2.49. The van der Waals surface area contributed by atoms with Crippen molar-refractivity contribution in [1.82, 2.24) is 10.2 Å². The highest BCUT2D eigenvalue weighted by Crippen LogP contribution is 2.45. The zero-order chi connectivity index (χ0) is 14.9. The number of benzene rings is 1. The molecule has 2 N–H and O–H groups in total. The third kappa shape index (κ3) is 3.10. The van der Waals surface area contributed by atoms with Crippen LogP contribution < -0.4 is 5.32 Å². The van der Waals surface area contributed by atoms with Crippen molar-refractivity contribution in [2.24, 2.45) is 0 Å². The molecule has 0 unspecified atom stereocenters. The molecular formula is C13H16BrF3N2O. The van der Waals surface area contributed by atoms with Crippen molar-refractivity contribution in [3.05, 3.63) is 27.7 Å². The molecule has 1 aromatic carbocycles. The average Bonchev–Trinajstić information content (AvgIpc) is 2.39. The Kier molecular flexibility index (Phi) is 4.61. The number of nitrogens with zero attached hydrogens (tertiary/aromatic N) is 1. The lowest BCUT2D eigenvalue weighted by Crippen LogP contribution is -2.49. The van der Waals surface area contributed by atoms with Crippen molar-refractivity contribution in [3.63, 3.8) is 0 Å². The second-order valence-corrected chi connectivity index (χ2v) is 5.71. The summed E-state index contributed by atoms with van der Waals surface area (Å²) in [5, 5.41) is 13.1. The first-order valence-electron chi connectivity index (χ1n) is 6.32. The molecule has 0 bridgehead atoms. The van der Waals surface area contributed by atoms with Crippen molar-refractivity contribution in [2.75, 3.05) is 26.2 Å². The Labute approximate surface area is 123 Å². The molecule has 1 aromatic rings. The van der Waals surface area contributed by atoms with E-state index in [-0.39, 0.29) is 15.8 Å². The van der Waals surface area contributed by atoms with Gasteiger partial charge in [-0.3, -0.25) is 4.90 Å². The van der Waals surface area contributed by atoms with E-state index >= 15 is 0 Å². The third-order valence-corrected chi connectivity index (χ3v) is 4.16. The van der Waals surface area contributed by atoms with E-state index in [1.807, 2.05) is 0 Å². The van der Waals surface area contributed by atoms with E-state index in [1.54, 1.807) is 19.1 Å². The van der Waals surface area contributed by atoms with Gasteiger partial charge in [-0.05, 0) is 18.6 Å². The maximum absolute atomic E-state index is 13.5. The number of aryl methyl sites for hydroxylation is 1. The fraction of sp³-hybridized carbons (Fsp3) is 0.538. The molecule has 0 saturated carbocycles. The molecule has 7 heteroatoms. The van der Waals surface area contributed by atoms with E-state index in [1.165, 1.54) is 4.90 Å². The van der Waals surface area contributed by atoms with E-state index in [0.29, 0.717) is 31.7 Å². The standard InChI is InChI=1S/C13H16BrF3N2O/c1-8-2-3-9(14)10(11(8)20)12(13(15,16)17)19-6-4-18-5-7-19/h2-3,12,18,20H,4-7H2,1H3/t12-/m1/s1. The Morgan fingerprint density at radius 3 is 2.45 bits per heavy atom. The smallest absolute Gasteiger partial charge is 0.408 e. The van der Waals surface area contributed by atoms with Crippen LogP contribution in [-0.2, 0) is 0 Å². The normalized spacial score (nSPS) is 19.1. The first-order valence-corrected chi connectivity index (χ1v) is 7.11. The highest BCUT2D eigenvalue weighted by atomic mass is 79.9. The predicted octanol–water partition coefficient (Wildman–Crippen LogP) is 2.97. The van der Waals surface area contributed by atoms with Gasteiger partial charge in [0.05, 0.1) is 0 Å². The number of nitrogens with one attached hydrogen (secondary N) is 1. The topological polar surface area (TPSA) is 35.5 Å². The summed E-state index contributed by atoms with van der Waals surface area (Å²) < 4.78 is 40.7. The summed E-state index contributed by atoms with van der Waals surface area (Å²) in [7, 11) is 0. The fourth-order valence-electron chi connectivity index (χ4n) is 2.45. The lowest BCUT2D eigenvalue weighted by molar-refractivity contribution is -0.188. The number of phenolic OH excluding ortho intramolecular Hbond substituents is 1. The number of aromatic hydroxyl groups is 1. The van der Waals surface area contributed by atoms with Gasteiger partial charge in [0.15, 0.2) is 0 Å². The monoisotopic (exact) mass is 352 g/mol. The van der Waals surface area contributed by atoms with Crippen molar-refractivity contribution >= 4 is 15.9 Å². The van der Waals surface area contributed by atoms with E-state index in [9.17, 15) is 18.3 Å². The van der Waals surface area contributed by atoms with Crippen LogP contribution in [0.25, 0.3) is 0 Å². The number of hydrogen-bond donors (Lipinski definition) is 2. The van der Waals surface area contributed by atoms with Gasteiger partial charge in [-0.25, -0.2) is 0 Å². The lowest BCUT2D eigenvalue weighted by atomic mass is 10.00.